The first-order valence-electron chi connectivity index (χ1n) is 14.3. The summed E-state index contributed by atoms with van der Waals surface area (Å²) in [6.45, 7) is 7.49. The summed E-state index contributed by atoms with van der Waals surface area (Å²) in [6, 6.07) is 0. The van der Waals surface area contributed by atoms with E-state index in [1.165, 1.54) is 38.5 Å². The minimum Gasteiger partial charge on any atom is -0.381 e. The first-order valence-corrected chi connectivity index (χ1v) is 14.3. The van der Waals surface area contributed by atoms with Gasteiger partial charge >= 0.3 is 0 Å². The van der Waals surface area contributed by atoms with Gasteiger partial charge in [-0.25, -0.2) is 0 Å². The first kappa shape index (κ1) is 33.9. The lowest BCUT2D eigenvalue weighted by Crippen LogP contribution is -2.33. The fourth-order valence-electron chi connectivity index (χ4n) is 4.29. The van der Waals surface area contributed by atoms with E-state index < -0.39 is 0 Å². The van der Waals surface area contributed by atoms with E-state index in [0.717, 1.165) is 71.2 Å². The summed E-state index contributed by atoms with van der Waals surface area (Å²) >= 11 is 0. The summed E-state index contributed by atoms with van der Waals surface area (Å²) in [7, 11) is 7.25. The molecule has 0 saturated heterocycles. The Kier molecular flexibility index (Phi) is 21.4. The Hall–Kier alpha value is -1.14. The molecule has 0 aliphatic rings. The zero-order chi connectivity index (χ0) is 26.4. The van der Waals surface area contributed by atoms with Crippen LogP contribution in [0.25, 0.3) is 0 Å². The molecule has 0 spiro atoms. The van der Waals surface area contributed by atoms with Gasteiger partial charge in [0.2, 0.25) is 11.8 Å². The van der Waals surface area contributed by atoms with E-state index in [4.69, 9.17) is 9.47 Å². The Morgan fingerprint density at radius 2 is 1.03 bits per heavy atom. The van der Waals surface area contributed by atoms with Crippen molar-refractivity contribution < 1.29 is 19.1 Å². The molecular weight excluding hydrogens is 440 g/mol. The van der Waals surface area contributed by atoms with Gasteiger partial charge in [0.15, 0.2) is 0 Å². The van der Waals surface area contributed by atoms with Gasteiger partial charge < -0.3 is 19.3 Å². The Balaban J connectivity index is 4.97. The molecule has 208 valence electrons. The summed E-state index contributed by atoms with van der Waals surface area (Å²) in [5.74, 6) is 0.294. The van der Waals surface area contributed by atoms with Crippen molar-refractivity contribution >= 4 is 11.8 Å². The zero-order valence-electron chi connectivity index (χ0n) is 24.2. The van der Waals surface area contributed by atoms with E-state index in [-0.39, 0.29) is 17.2 Å². The van der Waals surface area contributed by atoms with Crippen LogP contribution >= 0.6 is 0 Å². The highest BCUT2D eigenvalue weighted by atomic mass is 16.5. The monoisotopic (exact) mass is 498 g/mol. The highest BCUT2D eigenvalue weighted by Gasteiger charge is 2.32. The van der Waals surface area contributed by atoms with Gasteiger partial charge in [0, 0.05) is 60.9 Å². The van der Waals surface area contributed by atoms with E-state index in [0.29, 0.717) is 19.4 Å². The van der Waals surface area contributed by atoms with Crippen LogP contribution in [0, 0.1) is 5.41 Å². The standard InChI is InChI=1S/C29H58N2O4/c1-7-9-11-12-13-16-25-35-26-29(21-18-27(32)30(3)4,22-19-28(33)31(5)6)20-15-14-17-24-34-23-10-8-2/h7-26H2,1-6H3. The van der Waals surface area contributed by atoms with E-state index >= 15 is 0 Å². The average molecular weight is 499 g/mol. The predicted molar refractivity (Wildman–Crippen MR) is 147 cm³/mol. The number of amides is 2. The van der Waals surface area contributed by atoms with Crippen LogP contribution in [0.4, 0.5) is 0 Å². The maximum Gasteiger partial charge on any atom is 0.222 e. The second kappa shape index (κ2) is 22.1. The molecule has 0 fully saturated rings. The molecule has 0 saturated carbocycles. The number of unbranched alkanes of at least 4 members (excludes halogenated alkanes) is 8. The molecule has 0 rings (SSSR count). The Labute approximate surface area is 217 Å². The van der Waals surface area contributed by atoms with Crippen molar-refractivity contribution in [3.63, 3.8) is 0 Å². The number of carbonyl (C=O) groups is 2. The molecule has 0 bridgehead atoms. The van der Waals surface area contributed by atoms with Crippen molar-refractivity contribution in [1.29, 1.82) is 0 Å². The SMILES string of the molecule is CCCCCCCCOCC(CCCCCOCCCC)(CCC(=O)N(C)C)CCC(=O)N(C)C. The van der Waals surface area contributed by atoms with Crippen LogP contribution in [0.2, 0.25) is 0 Å². The van der Waals surface area contributed by atoms with Gasteiger partial charge in [0.25, 0.3) is 0 Å². The molecule has 0 aliphatic heterocycles. The summed E-state index contributed by atoms with van der Waals surface area (Å²) in [6.07, 6.45) is 16.5. The summed E-state index contributed by atoms with van der Waals surface area (Å²) in [4.78, 5) is 28.2. The van der Waals surface area contributed by atoms with Gasteiger partial charge in [-0.15, -0.1) is 0 Å². The molecule has 0 heterocycles. The van der Waals surface area contributed by atoms with Crippen LogP contribution in [0.1, 0.15) is 117 Å². The van der Waals surface area contributed by atoms with Gasteiger partial charge in [-0.2, -0.15) is 0 Å². The topological polar surface area (TPSA) is 59.1 Å². The lowest BCUT2D eigenvalue weighted by molar-refractivity contribution is -0.130. The number of nitrogens with zero attached hydrogens (tertiary/aromatic N) is 2. The van der Waals surface area contributed by atoms with E-state index in [9.17, 15) is 9.59 Å². The van der Waals surface area contributed by atoms with Crippen molar-refractivity contribution in [3.8, 4) is 0 Å². The average Bonchev–Trinajstić information content (AvgIpc) is 2.83. The molecule has 0 aromatic heterocycles. The summed E-state index contributed by atoms with van der Waals surface area (Å²) in [5.41, 5.74) is -0.136. The molecule has 35 heavy (non-hydrogen) atoms. The molecule has 6 heteroatoms. The molecule has 0 aromatic carbocycles. The van der Waals surface area contributed by atoms with Gasteiger partial charge in [-0.1, -0.05) is 65.2 Å². The lowest BCUT2D eigenvalue weighted by atomic mass is 9.75. The lowest BCUT2D eigenvalue weighted by Gasteiger charge is -2.34. The van der Waals surface area contributed by atoms with E-state index in [1.54, 1.807) is 9.80 Å². The minimum atomic E-state index is -0.136. The van der Waals surface area contributed by atoms with Crippen LogP contribution in [0.3, 0.4) is 0 Å². The third-order valence-corrected chi connectivity index (χ3v) is 6.92. The molecule has 0 N–H and O–H groups in total. The Morgan fingerprint density at radius 1 is 0.571 bits per heavy atom. The van der Waals surface area contributed by atoms with Crippen molar-refractivity contribution in [1.82, 2.24) is 9.80 Å². The molecule has 2 amide bonds. The van der Waals surface area contributed by atoms with Gasteiger partial charge in [-0.05, 0) is 43.9 Å². The molecule has 6 nitrogen and oxygen atoms in total. The van der Waals surface area contributed by atoms with Crippen molar-refractivity contribution in [3.05, 3.63) is 0 Å². The fraction of sp³-hybridized carbons (Fsp3) is 0.931. The van der Waals surface area contributed by atoms with Gasteiger partial charge in [0.05, 0.1) is 6.61 Å². The second-order valence-electron chi connectivity index (χ2n) is 10.7. The molecular formula is C29H58N2O4. The third-order valence-electron chi connectivity index (χ3n) is 6.92. The van der Waals surface area contributed by atoms with Gasteiger partial charge in [0.1, 0.15) is 0 Å². The number of rotatable bonds is 24. The number of hydrogen-bond donors (Lipinski definition) is 0. The van der Waals surface area contributed by atoms with Crippen molar-refractivity contribution in [2.75, 3.05) is 54.6 Å². The largest absolute Gasteiger partial charge is 0.381 e. The normalized spacial score (nSPS) is 11.6. The maximum absolute atomic E-state index is 12.4. The van der Waals surface area contributed by atoms with Crippen molar-refractivity contribution in [2.45, 2.75) is 117 Å². The van der Waals surface area contributed by atoms with Crippen LogP contribution < -0.4 is 0 Å². The summed E-state index contributed by atoms with van der Waals surface area (Å²) < 4.78 is 12.0. The smallest absolute Gasteiger partial charge is 0.222 e. The van der Waals surface area contributed by atoms with Crippen LogP contribution in [0.15, 0.2) is 0 Å². The molecule has 0 radical (unpaired) electrons. The van der Waals surface area contributed by atoms with Gasteiger partial charge in [-0.3, -0.25) is 9.59 Å². The maximum atomic E-state index is 12.4. The Morgan fingerprint density at radius 3 is 1.57 bits per heavy atom. The van der Waals surface area contributed by atoms with E-state index in [1.807, 2.05) is 28.2 Å². The molecule has 0 aliphatic carbocycles. The fourth-order valence-corrected chi connectivity index (χ4v) is 4.29. The zero-order valence-corrected chi connectivity index (χ0v) is 24.2. The van der Waals surface area contributed by atoms with Crippen molar-refractivity contribution in [2.24, 2.45) is 5.41 Å². The van der Waals surface area contributed by atoms with Crippen LogP contribution in [-0.2, 0) is 19.1 Å². The number of ether oxygens (including phenoxy) is 2. The second-order valence-corrected chi connectivity index (χ2v) is 10.7. The number of hydrogen-bond acceptors (Lipinski definition) is 4. The Bertz CT molecular complexity index is 477. The first-order chi connectivity index (χ1) is 16.8. The number of carbonyl (C=O) groups excluding carboxylic acids is 2. The van der Waals surface area contributed by atoms with E-state index in [2.05, 4.69) is 13.8 Å². The quantitative estimate of drug-likeness (QED) is 0.143. The molecule has 0 atom stereocenters. The van der Waals surface area contributed by atoms with Crippen LogP contribution in [0.5, 0.6) is 0 Å². The highest BCUT2D eigenvalue weighted by Crippen LogP contribution is 2.37. The predicted octanol–water partition coefficient (Wildman–Crippen LogP) is 6.46. The summed E-state index contributed by atoms with van der Waals surface area (Å²) in [5, 5.41) is 0. The highest BCUT2D eigenvalue weighted by molar-refractivity contribution is 5.76. The molecule has 0 unspecified atom stereocenters. The minimum absolute atomic E-state index is 0.136. The third kappa shape index (κ3) is 18.7. The van der Waals surface area contributed by atoms with Crippen LogP contribution in [-0.4, -0.2) is 76.2 Å². The molecule has 0 aromatic rings.